The Kier molecular flexibility index (Phi) is 2.94. The number of furan rings is 1. The number of hydrogen-bond acceptors (Lipinski definition) is 3. The zero-order valence-electron chi connectivity index (χ0n) is 9.35. The average molecular weight is 243 g/mol. The molecule has 0 bridgehead atoms. The Morgan fingerprint density at radius 3 is 2.82 bits per heavy atom. The number of rotatable bonds is 4. The number of nitrogens with one attached hydrogen (secondary N) is 1. The summed E-state index contributed by atoms with van der Waals surface area (Å²) in [7, 11) is 0. The topological polar surface area (TPSA) is 25.2 Å². The molecule has 0 radical (unpaired) electrons. The summed E-state index contributed by atoms with van der Waals surface area (Å²) < 4.78 is 5.73. The minimum Gasteiger partial charge on any atom is -0.460 e. The second kappa shape index (κ2) is 4.73. The largest absolute Gasteiger partial charge is 0.460 e. The number of hydrogen-bond donors (Lipinski definition) is 1. The molecule has 17 heavy (non-hydrogen) atoms. The summed E-state index contributed by atoms with van der Waals surface area (Å²) in [6.45, 7) is 1.67. The molecular formula is C14H13NOS. The maximum Gasteiger partial charge on any atom is 0.134 e. The van der Waals surface area contributed by atoms with E-state index >= 15 is 0 Å². The molecule has 0 saturated heterocycles. The summed E-state index contributed by atoms with van der Waals surface area (Å²) in [4.78, 5) is 1.35. The van der Waals surface area contributed by atoms with Gasteiger partial charge in [-0.2, -0.15) is 0 Å². The average Bonchev–Trinajstić information content (AvgIpc) is 2.96. The Balaban J connectivity index is 1.65. The summed E-state index contributed by atoms with van der Waals surface area (Å²) in [5, 5.41) is 6.64. The zero-order valence-corrected chi connectivity index (χ0v) is 10.2. The Labute approximate surface area is 104 Å². The van der Waals surface area contributed by atoms with Crippen molar-refractivity contribution in [2.45, 2.75) is 13.1 Å². The van der Waals surface area contributed by atoms with Gasteiger partial charge >= 0.3 is 0 Å². The van der Waals surface area contributed by atoms with Crippen molar-refractivity contribution in [3.05, 3.63) is 58.5 Å². The standard InChI is InChI=1S/C14H13NOS/c1-2-6-14-11(4-1)8-12(16-14)9-15-10-13-5-3-7-17-13/h1-8,15H,9-10H2. The molecule has 0 atom stereocenters. The van der Waals surface area contributed by atoms with Gasteiger partial charge in [0, 0.05) is 16.8 Å². The van der Waals surface area contributed by atoms with Crippen molar-refractivity contribution in [3.63, 3.8) is 0 Å². The van der Waals surface area contributed by atoms with E-state index in [2.05, 4.69) is 35.0 Å². The molecule has 2 aromatic heterocycles. The van der Waals surface area contributed by atoms with E-state index in [0.29, 0.717) is 0 Å². The first kappa shape index (κ1) is 10.6. The van der Waals surface area contributed by atoms with Crippen LogP contribution < -0.4 is 5.32 Å². The van der Waals surface area contributed by atoms with Gasteiger partial charge in [0.15, 0.2) is 0 Å². The number of thiophene rings is 1. The molecule has 0 amide bonds. The zero-order chi connectivity index (χ0) is 11.5. The number of fused-ring (bicyclic) bond motifs is 1. The van der Waals surface area contributed by atoms with Gasteiger partial charge in [-0.3, -0.25) is 0 Å². The quantitative estimate of drug-likeness (QED) is 0.754. The van der Waals surface area contributed by atoms with Crippen molar-refractivity contribution in [1.29, 1.82) is 0 Å². The molecule has 0 fully saturated rings. The van der Waals surface area contributed by atoms with Gasteiger partial charge in [0.25, 0.3) is 0 Å². The third-order valence-electron chi connectivity index (χ3n) is 2.66. The predicted octanol–water partition coefficient (Wildman–Crippen LogP) is 3.78. The molecule has 1 N–H and O–H groups in total. The fourth-order valence-corrected chi connectivity index (χ4v) is 2.52. The lowest BCUT2D eigenvalue weighted by Gasteiger charge is -1.99. The highest BCUT2D eigenvalue weighted by Crippen LogP contribution is 2.18. The van der Waals surface area contributed by atoms with Crippen LogP contribution in [0, 0.1) is 0 Å². The van der Waals surface area contributed by atoms with Gasteiger partial charge in [0.05, 0.1) is 6.54 Å². The monoisotopic (exact) mass is 243 g/mol. The number of para-hydroxylation sites is 1. The lowest BCUT2D eigenvalue weighted by atomic mass is 10.2. The molecule has 0 saturated carbocycles. The molecule has 2 nitrogen and oxygen atoms in total. The van der Waals surface area contributed by atoms with Crippen LogP contribution in [-0.4, -0.2) is 0 Å². The van der Waals surface area contributed by atoms with Crippen molar-refractivity contribution >= 4 is 22.3 Å². The molecule has 86 valence electrons. The van der Waals surface area contributed by atoms with Gasteiger partial charge in [0.2, 0.25) is 0 Å². The Bertz CT molecular complexity index is 565. The van der Waals surface area contributed by atoms with Crippen LogP contribution in [0.15, 0.2) is 52.3 Å². The van der Waals surface area contributed by atoms with Gasteiger partial charge in [-0.25, -0.2) is 0 Å². The third-order valence-corrected chi connectivity index (χ3v) is 3.53. The predicted molar refractivity (Wildman–Crippen MR) is 71.1 cm³/mol. The van der Waals surface area contributed by atoms with Crippen molar-refractivity contribution < 1.29 is 4.42 Å². The van der Waals surface area contributed by atoms with Crippen LogP contribution in [0.5, 0.6) is 0 Å². The summed E-state index contributed by atoms with van der Waals surface area (Å²) in [6, 6.07) is 14.4. The minimum atomic E-state index is 0.770. The van der Waals surface area contributed by atoms with E-state index in [1.807, 2.05) is 18.2 Å². The van der Waals surface area contributed by atoms with Crippen LogP contribution in [-0.2, 0) is 13.1 Å². The molecule has 0 aliphatic heterocycles. The van der Waals surface area contributed by atoms with E-state index in [1.165, 1.54) is 10.3 Å². The van der Waals surface area contributed by atoms with Crippen molar-refractivity contribution in [2.75, 3.05) is 0 Å². The Hall–Kier alpha value is -1.58. The lowest BCUT2D eigenvalue weighted by Crippen LogP contribution is -2.10. The van der Waals surface area contributed by atoms with E-state index in [-0.39, 0.29) is 0 Å². The summed E-state index contributed by atoms with van der Waals surface area (Å²) in [5.41, 5.74) is 0.959. The SMILES string of the molecule is c1csc(CNCc2cc3ccccc3o2)c1. The van der Waals surface area contributed by atoms with Crippen LogP contribution in [0.4, 0.5) is 0 Å². The molecule has 0 unspecified atom stereocenters. The Morgan fingerprint density at radius 1 is 1.06 bits per heavy atom. The molecule has 0 spiro atoms. The second-order valence-electron chi connectivity index (χ2n) is 3.93. The van der Waals surface area contributed by atoms with Gasteiger partial charge in [0.1, 0.15) is 11.3 Å². The van der Waals surface area contributed by atoms with Crippen LogP contribution in [0.25, 0.3) is 11.0 Å². The van der Waals surface area contributed by atoms with Crippen molar-refractivity contribution in [3.8, 4) is 0 Å². The maximum atomic E-state index is 5.73. The highest BCUT2D eigenvalue weighted by molar-refractivity contribution is 7.09. The first-order valence-corrected chi connectivity index (χ1v) is 6.50. The molecule has 0 aliphatic carbocycles. The first-order valence-electron chi connectivity index (χ1n) is 5.62. The van der Waals surface area contributed by atoms with E-state index in [1.54, 1.807) is 11.3 Å². The van der Waals surface area contributed by atoms with Crippen LogP contribution in [0.1, 0.15) is 10.6 Å². The van der Waals surface area contributed by atoms with Gasteiger partial charge in [-0.15, -0.1) is 11.3 Å². The van der Waals surface area contributed by atoms with Crippen LogP contribution in [0.3, 0.4) is 0 Å². The molecular weight excluding hydrogens is 230 g/mol. The normalized spacial score (nSPS) is 11.1. The summed E-state index contributed by atoms with van der Waals surface area (Å²) in [5.74, 6) is 0.989. The fourth-order valence-electron chi connectivity index (χ4n) is 1.85. The molecule has 3 heteroatoms. The third kappa shape index (κ3) is 2.40. The lowest BCUT2D eigenvalue weighted by molar-refractivity contribution is 0.515. The molecule has 1 aromatic carbocycles. The first-order chi connectivity index (χ1) is 8.42. The summed E-state index contributed by atoms with van der Waals surface area (Å²) >= 11 is 1.77. The fraction of sp³-hybridized carbons (Fsp3) is 0.143. The van der Waals surface area contributed by atoms with Crippen LogP contribution >= 0.6 is 11.3 Å². The molecule has 0 aliphatic rings. The van der Waals surface area contributed by atoms with Crippen LogP contribution in [0.2, 0.25) is 0 Å². The smallest absolute Gasteiger partial charge is 0.134 e. The Morgan fingerprint density at radius 2 is 2.00 bits per heavy atom. The van der Waals surface area contributed by atoms with Crippen molar-refractivity contribution in [1.82, 2.24) is 5.32 Å². The van der Waals surface area contributed by atoms with E-state index in [4.69, 9.17) is 4.42 Å². The molecule has 2 heterocycles. The summed E-state index contributed by atoms with van der Waals surface area (Å²) in [6.07, 6.45) is 0. The van der Waals surface area contributed by atoms with E-state index in [0.717, 1.165) is 24.4 Å². The molecule has 3 aromatic rings. The maximum absolute atomic E-state index is 5.73. The van der Waals surface area contributed by atoms with Gasteiger partial charge in [-0.1, -0.05) is 24.3 Å². The number of benzene rings is 1. The molecule has 3 rings (SSSR count). The van der Waals surface area contributed by atoms with Gasteiger partial charge in [-0.05, 0) is 23.6 Å². The highest BCUT2D eigenvalue weighted by atomic mass is 32.1. The minimum absolute atomic E-state index is 0.770. The highest BCUT2D eigenvalue weighted by Gasteiger charge is 2.02. The van der Waals surface area contributed by atoms with E-state index in [9.17, 15) is 0 Å². The van der Waals surface area contributed by atoms with Crippen molar-refractivity contribution in [2.24, 2.45) is 0 Å². The van der Waals surface area contributed by atoms with E-state index < -0.39 is 0 Å². The van der Waals surface area contributed by atoms with Gasteiger partial charge < -0.3 is 9.73 Å². The second-order valence-corrected chi connectivity index (χ2v) is 4.97.